The maximum Gasteiger partial charge on any atom is 0.259 e. The number of ether oxygens (including phenoxy) is 1. The SMILES string of the molecule is CC(C)(C)C1=CC=C(N2C3=C(SC4(C)C=C5C(=CC34)C(C)(C)CCC5(C)C)B3c4cc5c(cc4N(c4ccc6c(c4)C(C)(C)CCC6(C)C)c4cc(N(C6=CC=C7Oc8ccccc8C7C6)c6ccc(C(C)(C)C)cc6)cc2c43)C(C)(C)CCC5(C)C)C2C[C@H]12. The van der Waals surface area contributed by atoms with Gasteiger partial charge in [-0.15, -0.1) is 11.8 Å². The monoisotopic (exact) mass is 1210 g/mol. The number of rotatable bonds is 5. The molecule has 5 aromatic rings. The average Bonchev–Trinajstić information content (AvgIpc) is 1.33. The van der Waals surface area contributed by atoms with Gasteiger partial charge in [-0.1, -0.05) is 191 Å². The van der Waals surface area contributed by atoms with E-state index >= 15 is 0 Å². The number of allylic oxidation sites excluding steroid dienone is 11. The topological polar surface area (TPSA) is 19.0 Å². The van der Waals surface area contributed by atoms with Crippen molar-refractivity contribution < 1.29 is 4.74 Å². The molecule has 0 radical (unpaired) electrons. The molecule has 5 atom stereocenters. The zero-order valence-electron chi connectivity index (χ0n) is 57.8. The Bertz CT molecular complexity index is 4220. The lowest BCUT2D eigenvalue weighted by Crippen LogP contribution is -2.56. The highest BCUT2D eigenvalue weighted by molar-refractivity contribution is 8.07. The molecule has 4 nitrogen and oxygen atoms in total. The van der Waals surface area contributed by atoms with Crippen LogP contribution >= 0.6 is 11.8 Å². The van der Waals surface area contributed by atoms with Gasteiger partial charge in [0.1, 0.15) is 11.5 Å². The van der Waals surface area contributed by atoms with Crippen LogP contribution in [-0.4, -0.2) is 11.5 Å². The first-order valence-electron chi connectivity index (χ1n) is 34.7. The molecule has 7 aliphatic carbocycles. The normalized spacial score (nSPS) is 27.6. The van der Waals surface area contributed by atoms with Crippen molar-refractivity contribution in [3.63, 3.8) is 0 Å². The Hall–Kier alpha value is -6.11. The van der Waals surface area contributed by atoms with Crippen LogP contribution in [0.1, 0.15) is 222 Å². The Labute approximate surface area is 545 Å². The van der Waals surface area contributed by atoms with E-state index in [0.717, 1.165) is 30.8 Å². The predicted octanol–water partition coefficient (Wildman–Crippen LogP) is 21.5. The highest BCUT2D eigenvalue weighted by Crippen LogP contribution is 2.67. The van der Waals surface area contributed by atoms with E-state index in [1.807, 2.05) is 0 Å². The molecule has 4 unspecified atom stereocenters. The molecule has 5 aromatic carbocycles. The molecule has 0 spiro atoms. The van der Waals surface area contributed by atoms with Crippen LogP contribution in [0.5, 0.6) is 5.75 Å². The van der Waals surface area contributed by atoms with E-state index in [2.05, 4.69) is 285 Å². The van der Waals surface area contributed by atoms with Crippen molar-refractivity contribution >= 4 is 63.5 Å². The van der Waals surface area contributed by atoms with Crippen molar-refractivity contribution in [2.24, 2.45) is 34.0 Å². The lowest BCUT2D eigenvalue weighted by atomic mass is 9.36. The fourth-order valence-corrected chi connectivity index (χ4v) is 20.4. The lowest BCUT2D eigenvalue weighted by Gasteiger charge is -2.50. The highest BCUT2D eigenvalue weighted by atomic mass is 32.2. The van der Waals surface area contributed by atoms with Crippen LogP contribution in [0.15, 0.2) is 172 Å². The molecule has 2 fully saturated rings. The van der Waals surface area contributed by atoms with Crippen LogP contribution in [0.4, 0.5) is 34.1 Å². The van der Waals surface area contributed by atoms with Gasteiger partial charge >= 0.3 is 0 Å². The minimum atomic E-state index is -0.205. The van der Waals surface area contributed by atoms with E-state index in [4.69, 9.17) is 4.74 Å². The Kier molecular flexibility index (Phi) is 12.3. The van der Waals surface area contributed by atoms with Crippen molar-refractivity contribution in [3.05, 3.63) is 205 Å². The van der Waals surface area contributed by atoms with Crippen LogP contribution in [0.2, 0.25) is 0 Å². The number of benzene rings is 5. The van der Waals surface area contributed by atoms with E-state index in [1.54, 1.807) is 21.5 Å². The zero-order valence-corrected chi connectivity index (χ0v) is 58.6. The first-order valence-corrected chi connectivity index (χ1v) is 35.5. The van der Waals surface area contributed by atoms with E-state index in [9.17, 15) is 0 Å². The summed E-state index contributed by atoms with van der Waals surface area (Å²) in [7, 11) is 0. The predicted molar refractivity (Wildman–Crippen MR) is 384 cm³/mol. The lowest BCUT2D eigenvalue weighted by molar-refractivity contribution is 0.253. The molecule has 90 heavy (non-hydrogen) atoms. The van der Waals surface area contributed by atoms with Crippen LogP contribution in [-0.2, 0) is 27.1 Å². The number of nitrogens with zero attached hydrogens (tertiary/aromatic N) is 3. The zero-order chi connectivity index (χ0) is 63.3. The second-order valence-electron chi connectivity index (χ2n) is 35.8. The largest absolute Gasteiger partial charge is 0.461 e. The molecular formula is C84H98BN3OS. The van der Waals surface area contributed by atoms with Gasteiger partial charge in [-0.25, -0.2) is 0 Å². The summed E-state index contributed by atoms with van der Waals surface area (Å²) in [5.74, 6) is 3.26. The van der Waals surface area contributed by atoms with Gasteiger partial charge in [-0.2, -0.15) is 0 Å². The molecule has 0 amide bonds. The van der Waals surface area contributed by atoms with Crippen molar-refractivity contribution in [1.29, 1.82) is 0 Å². The Morgan fingerprint density at radius 1 is 0.556 bits per heavy atom. The van der Waals surface area contributed by atoms with Gasteiger partial charge in [-0.3, -0.25) is 0 Å². The standard InChI is InChI=1S/C84H98BN3OS/c1-76(2,3)49-24-26-50(27-25-49)86(51-29-33-72-57(40-51)54-22-20-21-23-71(54)89-72)53-42-69-73-70(43-53)88(67-32-31-58(77(4,5)6)55-44-56(55)67)74-64-45-61-65(83(17,18)39-38-80(61,11)12)48-84(64,19)90-75(74)85(73)66-46-62-63(82(15,16)37-36-81(62,13)14)47-68(66)87(69)52-28-30-59-60(41-52)79(9,10)35-34-78(59,7)8/h20-33,41-43,45-48,55-57,64H,34-40,44H2,1-19H3/t55-,56?,57?,64?,84?/m0/s1. The van der Waals surface area contributed by atoms with Gasteiger partial charge in [0.25, 0.3) is 6.71 Å². The minimum Gasteiger partial charge on any atom is -0.461 e. The van der Waals surface area contributed by atoms with Crippen molar-refractivity contribution in [2.75, 3.05) is 14.7 Å². The maximum absolute atomic E-state index is 6.69. The molecule has 11 aliphatic rings. The summed E-state index contributed by atoms with van der Waals surface area (Å²) < 4.78 is 6.49. The van der Waals surface area contributed by atoms with Gasteiger partial charge < -0.3 is 19.4 Å². The van der Waals surface area contributed by atoms with Gasteiger partial charge in [0.05, 0.1) is 5.92 Å². The van der Waals surface area contributed by atoms with Crippen LogP contribution < -0.4 is 30.4 Å². The van der Waals surface area contributed by atoms with Crippen molar-refractivity contribution in [3.8, 4) is 5.75 Å². The maximum atomic E-state index is 6.69. The summed E-state index contributed by atoms with van der Waals surface area (Å²) in [5.41, 5.74) is 28.6. The molecule has 2 saturated carbocycles. The second kappa shape index (κ2) is 18.8. The Balaban J connectivity index is 1.04. The van der Waals surface area contributed by atoms with Crippen molar-refractivity contribution in [1.82, 2.24) is 0 Å². The number of fused-ring (bicyclic) bond motifs is 12. The van der Waals surface area contributed by atoms with E-state index in [0.29, 0.717) is 11.8 Å². The van der Waals surface area contributed by atoms with Gasteiger partial charge in [0, 0.05) is 79.8 Å². The number of hydrogen-bond donors (Lipinski definition) is 0. The molecular weight excluding hydrogens is 1110 g/mol. The fraction of sp³-hybridized carbons (Fsp3) is 0.476. The molecule has 4 aliphatic heterocycles. The Morgan fingerprint density at radius 3 is 1.83 bits per heavy atom. The van der Waals surface area contributed by atoms with Crippen molar-refractivity contribution in [2.45, 2.75) is 221 Å². The fourth-order valence-electron chi connectivity index (χ4n) is 18.8. The highest BCUT2D eigenvalue weighted by Gasteiger charge is 2.60. The van der Waals surface area contributed by atoms with E-state index < -0.39 is 0 Å². The van der Waals surface area contributed by atoms with Crippen LogP contribution in [0, 0.1) is 34.0 Å². The molecule has 4 heterocycles. The molecule has 464 valence electrons. The number of thioether (sulfide) groups is 1. The summed E-state index contributed by atoms with van der Waals surface area (Å²) >= 11 is 2.23. The number of hydrogen-bond acceptors (Lipinski definition) is 5. The van der Waals surface area contributed by atoms with Gasteiger partial charge in [0.15, 0.2) is 0 Å². The quantitative estimate of drug-likeness (QED) is 0.163. The molecule has 0 saturated heterocycles. The molecule has 0 N–H and O–H groups in total. The summed E-state index contributed by atoms with van der Waals surface area (Å²) in [4.78, 5) is 9.99. The number of anilines is 6. The smallest absolute Gasteiger partial charge is 0.259 e. The van der Waals surface area contributed by atoms with Gasteiger partial charge in [0.2, 0.25) is 0 Å². The third-order valence-corrected chi connectivity index (χ3v) is 26.3. The van der Waals surface area contributed by atoms with Crippen LogP contribution in [0.25, 0.3) is 0 Å². The minimum absolute atomic E-state index is 0.000596. The molecule has 6 heteroatoms. The number of para-hydroxylation sites is 1. The first-order chi connectivity index (χ1) is 42.2. The molecule has 16 rings (SSSR count). The third kappa shape index (κ3) is 8.65. The summed E-state index contributed by atoms with van der Waals surface area (Å²) in [5, 5.41) is 0. The summed E-state index contributed by atoms with van der Waals surface area (Å²) in [6.07, 6.45) is 24.6. The summed E-state index contributed by atoms with van der Waals surface area (Å²) in [6.45, 7) is 47.3. The Morgan fingerprint density at radius 2 is 1.17 bits per heavy atom. The second-order valence-corrected chi connectivity index (χ2v) is 37.3. The van der Waals surface area contributed by atoms with Crippen LogP contribution in [0.3, 0.4) is 0 Å². The van der Waals surface area contributed by atoms with E-state index in [-0.39, 0.29) is 66.6 Å². The van der Waals surface area contributed by atoms with E-state index in [1.165, 1.54) is 128 Å². The third-order valence-electron chi connectivity index (χ3n) is 24.8. The average molecular weight is 1210 g/mol. The molecule has 0 aromatic heterocycles. The van der Waals surface area contributed by atoms with Gasteiger partial charge in [-0.05, 0) is 223 Å². The summed E-state index contributed by atoms with van der Waals surface area (Å²) in [6, 6.07) is 37.0. The first kappa shape index (κ1) is 58.9. The molecule has 0 bridgehead atoms.